The molecule has 0 nitrogen and oxygen atoms in total. The fraction of sp³-hybridized carbons (Fsp3) is 0.200. The van der Waals surface area contributed by atoms with Crippen molar-refractivity contribution in [3.63, 3.8) is 0 Å². The van der Waals surface area contributed by atoms with Crippen LogP contribution in [0.3, 0.4) is 0 Å². The van der Waals surface area contributed by atoms with Crippen molar-refractivity contribution in [1.82, 2.24) is 0 Å². The third-order valence-electron chi connectivity index (χ3n) is 1.57. The molecular weight excluding hydrogens is 299 g/mol. The highest BCUT2D eigenvalue weighted by atomic mass is 79.9. The van der Waals surface area contributed by atoms with Crippen molar-refractivity contribution in [3.8, 4) is 0 Å². The van der Waals surface area contributed by atoms with Crippen LogP contribution in [0.1, 0.15) is 12.5 Å². The van der Waals surface area contributed by atoms with E-state index >= 15 is 0 Å². The molecule has 3 heteroatoms. The highest BCUT2D eigenvalue weighted by Gasteiger charge is 1.99. The van der Waals surface area contributed by atoms with E-state index in [1.165, 1.54) is 6.07 Å². The zero-order valence-corrected chi connectivity index (χ0v) is 10.3. The van der Waals surface area contributed by atoms with Crippen LogP contribution in [-0.4, -0.2) is 5.33 Å². The largest absolute Gasteiger partial charge is 0.206 e. The van der Waals surface area contributed by atoms with E-state index in [0.717, 1.165) is 15.4 Å². The first-order valence-electron chi connectivity index (χ1n) is 3.81. The second-order valence-electron chi connectivity index (χ2n) is 2.79. The Bertz CT molecular complexity index is 332. The molecule has 0 aliphatic heterocycles. The molecule has 0 fully saturated rings. The van der Waals surface area contributed by atoms with E-state index < -0.39 is 0 Å². The van der Waals surface area contributed by atoms with E-state index in [1.807, 2.05) is 13.0 Å². The zero-order valence-electron chi connectivity index (χ0n) is 7.15. The summed E-state index contributed by atoms with van der Waals surface area (Å²) in [5, 5.41) is 0.763. The summed E-state index contributed by atoms with van der Waals surface area (Å²) in [6, 6.07) is 4.91. The third-order valence-corrected chi connectivity index (χ3v) is 2.95. The molecule has 0 N–H and O–H groups in total. The molecule has 0 spiro atoms. The SMILES string of the molecule is CC(=Cc1cc(Br)ccc1F)CBr. The second kappa shape index (κ2) is 4.91. The molecule has 0 aliphatic carbocycles. The Morgan fingerprint density at radius 2 is 2.23 bits per heavy atom. The highest BCUT2D eigenvalue weighted by molar-refractivity contribution is 9.10. The summed E-state index contributed by atoms with van der Waals surface area (Å²) in [5.41, 5.74) is 1.71. The fourth-order valence-electron chi connectivity index (χ4n) is 0.929. The fourth-order valence-corrected chi connectivity index (χ4v) is 1.47. The average molecular weight is 308 g/mol. The highest BCUT2D eigenvalue weighted by Crippen LogP contribution is 2.18. The van der Waals surface area contributed by atoms with Gasteiger partial charge in [-0.3, -0.25) is 0 Å². The van der Waals surface area contributed by atoms with Crippen LogP contribution in [0.25, 0.3) is 6.08 Å². The summed E-state index contributed by atoms with van der Waals surface area (Å²) >= 11 is 6.61. The number of hydrogen-bond donors (Lipinski definition) is 0. The number of benzene rings is 1. The van der Waals surface area contributed by atoms with Gasteiger partial charge < -0.3 is 0 Å². The Morgan fingerprint density at radius 1 is 1.54 bits per heavy atom. The molecule has 1 aromatic carbocycles. The molecule has 0 amide bonds. The van der Waals surface area contributed by atoms with Gasteiger partial charge in [0.2, 0.25) is 0 Å². The maximum Gasteiger partial charge on any atom is 0.130 e. The first kappa shape index (κ1) is 10.9. The molecule has 0 aliphatic rings. The molecule has 0 saturated heterocycles. The van der Waals surface area contributed by atoms with Crippen molar-refractivity contribution in [1.29, 1.82) is 0 Å². The van der Waals surface area contributed by atoms with Crippen LogP contribution in [-0.2, 0) is 0 Å². The Hall–Kier alpha value is -0.150. The van der Waals surface area contributed by atoms with Crippen LogP contribution >= 0.6 is 31.9 Å². The van der Waals surface area contributed by atoms with E-state index in [-0.39, 0.29) is 5.82 Å². The molecule has 0 unspecified atom stereocenters. The molecule has 0 bridgehead atoms. The van der Waals surface area contributed by atoms with Crippen LogP contribution < -0.4 is 0 Å². The second-order valence-corrected chi connectivity index (χ2v) is 4.27. The molecule has 0 saturated carbocycles. The van der Waals surface area contributed by atoms with Gasteiger partial charge in [0.1, 0.15) is 5.82 Å². The standard InChI is InChI=1S/C10H9Br2F/c1-7(6-11)4-8-5-9(12)2-3-10(8)13/h2-5H,6H2,1H3. The first-order valence-corrected chi connectivity index (χ1v) is 5.73. The minimum absolute atomic E-state index is 0.191. The maximum atomic E-state index is 13.2. The molecular formula is C10H9Br2F. The van der Waals surface area contributed by atoms with Crippen LogP contribution in [0, 0.1) is 5.82 Å². The Labute approximate surface area is 94.1 Å². The van der Waals surface area contributed by atoms with E-state index in [9.17, 15) is 4.39 Å². The Balaban J connectivity index is 3.07. The lowest BCUT2D eigenvalue weighted by Crippen LogP contribution is -1.84. The summed E-state index contributed by atoms with van der Waals surface area (Å²) in [6.07, 6.45) is 1.83. The van der Waals surface area contributed by atoms with Gasteiger partial charge in [0, 0.05) is 15.4 Å². The van der Waals surface area contributed by atoms with Crippen LogP contribution in [0.2, 0.25) is 0 Å². The third kappa shape index (κ3) is 3.24. The van der Waals surface area contributed by atoms with Gasteiger partial charge in [-0.15, -0.1) is 0 Å². The maximum absolute atomic E-state index is 13.2. The molecule has 0 heterocycles. The van der Waals surface area contributed by atoms with Gasteiger partial charge in [-0.25, -0.2) is 4.39 Å². The number of halogens is 3. The van der Waals surface area contributed by atoms with Crippen molar-refractivity contribution < 1.29 is 4.39 Å². The number of rotatable bonds is 2. The molecule has 1 aromatic rings. The lowest BCUT2D eigenvalue weighted by atomic mass is 10.1. The zero-order chi connectivity index (χ0) is 9.84. The average Bonchev–Trinajstić information content (AvgIpc) is 2.11. The smallest absolute Gasteiger partial charge is 0.130 e. The van der Waals surface area contributed by atoms with E-state index in [4.69, 9.17) is 0 Å². The van der Waals surface area contributed by atoms with Gasteiger partial charge in [0.25, 0.3) is 0 Å². The summed E-state index contributed by atoms with van der Waals surface area (Å²) in [4.78, 5) is 0. The predicted molar refractivity (Wildman–Crippen MR) is 61.5 cm³/mol. The number of alkyl halides is 1. The normalized spacial score (nSPS) is 11.8. The minimum Gasteiger partial charge on any atom is -0.206 e. The van der Waals surface area contributed by atoms with Crippen molar-refractivity contribution in [2.75, 3.05) is 5.33 Å². The first-order chi connectivity index (χ1) is 6.13. The molecule has 70 valence electrons. The Kier molecular flexibility index (Phi) is 4.13. The lowest BCUT2D eigenvalue weighted by Gasteiger charge is -1.99. The Morgan fingerprint density at radius 3 is 2.85 bits per heavy atom. The summed E-state index contributed by atoms with van der Waals surface area (Å²) in [5.74, 6) is -0.191. The van der Waals surface area contributed by atoms with Crippen LogP contribution in [0.15, 0.2) is 28.2 Å². The van der Waals surface area contributed by atoms with Crippen molar-refractivity contribution in [2.45, 2.75) is 6.92 Å². The number of allylic oxidation sites excluding steroid dienone is 1. The molecule has 0 atom stereocenters. The van der Waals surface area contributed by atoms with Gasteiger partial charge in [0.05, 0.1) is 0 Å². The number of hydrogen-bond acceptors (Lipinski definition) is 0. The lowest BCUT2D eigenvalue weighted by molar-refractivity contribution is 0.624. The molecule has 13 heavy (non-hydrogen) atoms. The van der Waals surface area contributed by atoms with Gasteiger partial charge in [0.15, 0.2) is 0 Å². The summed E-state index contributed by atoms with van der Waals surface area (Å²) < 4.78 is 14.1. The molecule has 0 aromatic heterocycles. The summed E-state index contributed by atoms with van der Waals surface area (Å²) in [7, 11) is 0. The van der Waals surface area contributed by atoms with Crippen molar-refractivity contribution in [2.24, 2.45) is 0 Å². The van der Waals surface area contributed by atoms with E-state index in [2.05, 4.69) is 31.9 Å². The minimum atomic E-state index is -0.191. The van der Waals surface area contributed by atoms with Crippen LogP contribution in [0.4, 0.5) is 4.39 Å². The van der Waals surface area contributed by atoms with Gasteiger partial charge in [-0.2, -0.15) is 0 Å². The van der Waals surface area contributed by atoms with Crippen LogP contribution in [0.5, 0.6) is 0 Å². The van der Waals surface area contributed by atoms with Crippen molar-refractivity contribution >= 4 is 37.9 Å². The van der Waals surface area contributed by atoms with Gasteiger partial charge in [-0.1, -0.05) is 43.5 Å². The monoisotopic (exact) mass is 306 g/mol. The van der Waals surface area contributed by atoms with Gasteiger partial charge >= 0.3 is 0 Å². The van der Waals surface area contributed by atoms with Gasteiger partial charge in [-0.05, 0) is 25.1 Å². The summed E-state index contributed by atoms with van der Waals surface area (Å²) in [6.45, 7) is 1.95. The van der Waals surface area contributed by atoms with E-state index in [1.54, 1.807) is 12.1 Å². The topological polar surface area (TPSA) is 0 Å². The molecule has 0 radical (unpaired) electrons. The quantitative estimate of drug-likeness (QED) is 0.711. The van der Waals surface area contributed by atoms with Crippen molar-refractivity contribution in [3.05, 3.63) is 39.6 Å². The van der Waals surface area contributed by atoms with E-state index in [0.29, 0.717) is 5.56 Å². The predicted octanol–water partition coefficient (Wildman–Crippen LogP) is 4.39. The molecule has 1 rings (SSSR count).